The lowest BCUT2D eigenvalue weighted by Crippen LogP contribution is -2.07. The monoisotopic (exact) mass is 263 g/mol. The molecule has 18 heavy (non-hydrogen) atoms. The molecule has 4 nitrogen and oxygen atoms in total. The van der Waals surface area contributed by atoms with Crippen LogP contribution >= 0.6 is 11.6 Å². The summed E-state index contributed by atoms with van der Waals surface area (Å²) in [6.45, 7) is 0.495. The van der Waals surface area contributed by atoms with E-state index in [0.717, 1.165) is 11.3 Å². The van der Waals surface area contributed by atoms with Crippen LogP contribution in [0.25, 0.3) is 11.3 Å². The highest BCUT2D eigenvalue weighted by Crippen LogP contribution is 2.27. The number of rotatable bonds is 4. The molecule has 0 spiro atoms. The van der Waals surface area contributed by atoms with Crippen molar-refractivity contribution in [1.82, 2.24) is 9.97 Å². The number of nitrogens with zero attached hydrogens (tertiary/aromatic N) is 2. The third-order valence-corrected chi connectivity index (χ3v) is 2.81. The number of hydrogen-bond acceptors (Lipinski definition) is 4. The van der Waals surface area contributed by atoms with Crippen molar-refractivity contribution in [2.24, 2.45) is 5.73 Å². The molecule has 1 aromatic heterocycles. The molecule has 0 atom stereocenters. The lowest BCUT2D eigenvalue weighted by Gasteiger charge is -2.08. The first-order chi connectivity index (χ1) is 8.74. The molecule has 0 aliphatic heterocycles. The summed E-state index contributed by atoms with van der Waals surface area (Å²) < 4.78 is 5.17. The molecule has 0 fully saturated rings. The smallest absolute Gasteiger partial charge is 0.216 e. The average molecular weight is 264 g/mol. The molecule has 2 N–H and O–H groups in total. The molecule has 1 heterocycles. The Morgan fingerprint density at radius 1 is 1.28 bits per heavy atom. The Hall–Kier alpha value is -1.65. The number of benzene rings is 1. The van der Waals surface area contributed by atoms with Crippen molar-refractivity contribution in [3.05, 3.63) is 41.2 Å². The first-order valence-corrected chi connectivity index (χ1v) is 5.99. The van der Waals surface area contributed by atoms with Gasteiger partial charge >= 0.3 is 0 Å². The van der Waals surface area contributed by atoms with E-state index in [1.165, 1.54) is 0 Å². The fraction of sp³-hybridized carbons (Fsp3) is 0.231. The number of nitrogens with two attached hydrogens (primary N) is 1. The van der Waals surface area contributed by atoms with E-state index in [2.05, 4.69) is 9.97 Å². The number of aromatic nitrogens is 2. The Bertz CT molecular complexity index is 546. The molecular formula is C13H14ClN3O. The molecule has 94 valence electrons. The zero-order chi connectivity index (χ0) is 13.0. The van der Waals surface area contributed by atoms with Gasteiger partial charge in [0.2, 0.25) is 5.88 Å². The zero-order valence-corrected chi connectivity index (χ0v) is 10.8. The quantitative estimate of drug-likeness (QED) is 0.920. The average Bonchev–Trinajstić information content (AvgIpc) is 2.39. The molecule has 0 bridgehead atoms. The van der Waals surface area contributed by atoms with E-state index in [9.17, 15) is 0 Å². The zero-order valence-electron chi connectivity index (χ0n) is 10.1. The van der Waals surface area contributed by atoms with Gasteiger partial charge in [-0.2, -0.15) is 4.98 Å². The van der Waals surface area contributed by atoms with Gasteiger partial charge in [-0.1, -0.05) is 29.8 Å². The minimum Gasteiger partial charge on any atom is -0.481 e. The van der Waals surface area contributed by atoms with Gasteiger partial charge in [0.1, 0.15) is 5.82 Å². The SMILES string of the molecule is COc1cc(-c2ccccc2Cl)nc(CCN)n1. The predicted octanol–water partition coefficient (Wildman–Crippen LogP) is 2.31. The minimum absolute atomic E-state index is 0.495. The van der Waals surface area contributed by atoms with Crippen molar-refractivity contribution in [3.8, 4) is 17.1 Å². The highest BCUT2D eigenvalue weighted by atomic mass is 35.5. The highest BCUT2D eigenvalue weighted by Gasteiger charge is 2.09. The second kappa shape index (κ2) is 5.80. The van der Waals surface area contributed by atoms with E-state index in [4.69, 9.17) is 22.1 Å². The molecule has 1 aromatic carbocycles. The van der Waals surface area contributed by atoms with E-state index >= 15 is 0 Å². The van der Waals surface area contributed by atoms with Crippen LogP contribution in [0.5, 0.6) is 5.88 Å². The van der Waals surface area contributed by atoms with Gasteiger partial charge in [0.05, 0.1) is 12.8 Å². The van der Waals surface area contributed by atoms with Crippen LogP contribution in [0.1, 0.15) is 5.82 Å². The molecule has 0 saturated heterocycles. The molecular weight excluding hydrogens is 250 g/mol. The summed E-state index contributed by atoms with van der Waals surface area (Å²) in [4.78, 5) is 8.69. The van der Waals surface area contributed by atoms with Gasteiger partial charge in [-0.25, -0.2) is 4.98 Å². The van der Waals surface area contributed by atoms with E-state index < -0.39 is 0 Å². The topological polar surface area (TPSA) is 61.0 Å². The van der Waals surface area contributed by atoms with Crippen molar-refractivity contribution in [2.45, 2.75) is 6.42 Å². The van der Waals surface area contributed by atoms with Gasteiger partial charge in [-0.3, -0.25) is 0 Å². The number of halogens is 1. The van der Waals surface area contributed by atoms with Gasteiger partial charge < -0.3 is 10.5 Å². The third kappa shape index (κ3) is 2.78. The Kier molecular flexibility index (Phi) is 4.12. The van der Waals surface area contributed by atoms with Gasteiger partial charge in [-0.15, -0.1) is 0 Å². The van der Waals surface area contributed by atoms with Crippen molar-refractivity contribution in [3.63, 3.8) is 0 Å². The second-order valence-corrected chi connectivity index (χ2v) is 4.14. The molecule has 0 unspecified atom stereocenters. The van der Waals surface area contributed by atoms with Gasteiger partial charge in [0.25, 0.3) is 0 Å². The number of ether oxygens (including phenoxy) is 1. The first kappa shape index (κ1) is 12.8. The maximum absolute atomic E-state index is 6.16. The molecule has 0 radical (unpaired) electrons. The fourth-order valence-corrected chi connectivity index (χ4v) is 1.86. The maximum atomic E-state index is 6.16. The Morgan fingerprint density at radius 2 is 2.06 bits per heavy atom. The number of hydrogen-bond donors (Lipinski definition) is 1. The van der Waals surface area contributed by atoms with Crippen molar-refractivity contribution < 1.29 is 4.74 Å². The molecule has 0 saturated carbocycles. The molecule has 5 heteroatoms. The van der Waals surface area contributed by atoms with Crippen LogP contribution in [-0.2, 0) is 6.42 Å². The van der Waals surface area contributed by atoms with Crippen LogP contribution in [0.4, 0.5) is 0 Å². The van der Waals surface area contributed by atoms with Crippen LogP contribution in [-0.4, -0.2) is 23.6 Å². The second-order valence-electron chi connectivity index (χ2n) is 3.73. The van der Waals surface area contributed by atoms with Gasteiger partial charge in [0.15, 0.2) is 0 Å². The Balaban J connectivity index is 2.50. The number of methoxy groups -OCH3 is 1. The summed E-state index contributed by atoms with van der Waals surface area (Å²) in [7, 11) is 1.57. The Morgan fingerprint density at radius 3 is 2.72 bits per heavy atom. The third-order valence-electron chi connectivity index (χ3n) is 2.48. The van der Waals surface area contributed by atoms with Crippen LogP contribution in [0, 0.1) is 0 Å². The van der Waals surface area contributed by atoms with E-state index in [1.54, 1.807) is 13.2 Å². The van der Waals surface area contributed by atoms with Gasteiger partial charge in [0, 0.05) is 23.1 Å². The fourth-order valence-electron chi connectivity index (χ4n) is 1.63. The lowest BCUT2D eigenvalue weighted by molar-refractivity contribution is 0.395. The van der Waals surface area contributed by atoms with Crippen LogP contribution in [0.3, 0.4) is 0 Å². The first-order valence-electron chi connectivity index (χ1n) is 5.61. The van der Waals surface area contributed by atoms with Gasteiger partial charge in [-0.05, 0) is 12.6 Å². The normalized spacial score (nSPS) is 10.4. The molecule has 0 aliphatic carbocycles. The summed E-state index contributed by atoms with van der Waals surface area (Å²) in [5.41, 5.74) is 7.13. The molecule has 2 rings (SSSR count). The largest absolute Gasteiger partial charge is 0.481 e. The summed E-state index contributed by atoms with van der Waals surface area (Å²) >= 11 is 6.16. The van der Waals surface area contributed by atoms with Crippen LogP contribution in [0.2, 0.25) is 5.02 Å². The maximum Gasteiger partial charge on any atom is 0.216 e. The van der Waals surface area contributed by atoms with Crippen LogP contribution < -0.4 is 10.5 Å². The van der Waals surface area contributed by atoms with E-state index in [-0.39, 0.29) is 0 Å². The lowest BCUT2D eigenvalue weighted by atomic mass is 10.1. The minimum atomic E-state index is 0.495. The van der Waals surface area contributed by atoms with Crippen LogP contribution in [0.15, 0.2) is 30.3 Å². The summed E-state index contributed by atoms with van der Waals surface area (Å²) in [5, 5.41) is 0.650. The summed E-state index contributed by atoms with van der Waals surface area (Å²) in [6.07, 6.45) is 0.606. The predicted molar refractivity (Wildman–Crippen MR) is 71.8 cm³/mol. The standard InChI is InChI=1S/C13H14ClN3O/c1-18-13-8-11(16-12(17-13)6-7-15)9-4-2-3-5-10(9)14/h2-5,8H,6-7,15H2,1H3. The molecule has 0 aliphatic rings. The van der Waals surface area contributed by atoms with Crippen molar-refractivity contribution in [2.75, 3.05) is 13.7 Å². The van der Waals surface area contributed by atoms with E-state index in [1.807, 2.05) is 24.3 Å². The molecule has 2 aromatic rings. The highest BCUT2D eigenvalue weighted by molar-refractivity contribution is 6.33. The summed E-state index contributed by atoms with van der Waals surface area (Å²) in [5.74, 6) is 1.18. The van der Waals surface area contributed by atoms with E-state index in [0.29, 0.717) is 29.7 Å². The van der Waals surface area contributed by atoms with Crippen molar-refractivity contribution in [1.29, 1.82) is 0 Å². The Labute approximate surface area is 111 Å². The van der Waals surface area contributed by atoms with Crippen molar-refractivity contribution >= 4 is 11.6 Å². The summed E-state index contributed by atoms with van der Waals surface area (Å²) in [6, 6.07) is 9.30. The molecule has 0 amide bonds.